The van der Waals surface area contributed by atoms with Gasteiger partial charge in [-0.05, 0) is 23.3 Å². The van der Waals surface area contributed by atoms with Crippen LogP contribution in [0.15, 0.2) is 42.5 Å². The summed E-state index contributed by atoms with van der Waals surface area (Å²) in [5, 5.41) is 4.42. The molecule has 1 N–H and O–H groups in total. The van der Waals surface area contributed by atoms with Crippen molar-refractivity contribution in [2.45, 2.75) is 33.0 Å². The molecule has 0 atom stereocenters. The summed E-state index contributed by atoms with van der Waals surface area (Å²) in [7, 11) is 0. The van der Waals surface area contributed by atoms with Gasteiger partial charge in [-0.15, -0.1) is 0 Å². The van der Waals surface area contributed by atoms with Crippen LogP contribution in [0, 0.1) is 0 Å². The minimum atomic E-state index is 0.413. The van der Waals surface area contributed by atoms with Gasteiger partial charge in [0.25, 0.3) is 0 Å². The van der Waals surface area contributed by atoms with Crippen molar-refractivity contribution in [2.75, 3.05) is 0 Å². The summed E-state index contributed by atoms with van der Waals surface area (Å²) < 4.78 is 5.75. The summed E-state index contributed by atoms with van der Waals surface area (Å²) in [6, 6.07) is 14.1. The minimum Gasteiger partial charge on any atom is -0.486 e. The van der Waals surface area contributed by atoms with Gasteiger partial charge < -0.3 is 10.1 Å². The van der Waals surface area contributed by atoms with E-state index in [0.29, 0.717) is 28.4 Å². The number of nitrogens with one attached hydrogen (secondary N) is 1. The van der Waals surface area contributed by atoms with E-state index in [4.69, 9.17) is 27.9 Å². The molecule has 0 saturated heterocycles. The van der Waals surface area contributed by atoms with E-state index in [1.807, 2.05) is 42.5 Å². The maximum Gasteiger partial charge on any atom is 0.156 e. The van der Waals surface area contributed by atoms with Crippen molar-refractivity contribution in [1.29, 1.82) is 0 Å². The van der Waals surface area contributed by atoms with E-state index in [1.54, 1.807) is 0 Å². The van der Waals surface area contributed by atoms with Crippen LogP contribution >= 0.6 is 23.2 Å². The predicted molar refractivity (Wildman–Crippen MR) is 89.2 cm³/mol. The third-order valence-electron chi connectivity index (χ3n) is 3.00. The van der Waals surface area contributed by atoms with Gasteiger partial charge in [0.1, 0.15) is 6.61 Å². The quantitative estimate of drug-likeness (QED) is 0.801. The molecule has 112 valence electrons. The van der Waals surface area contributed by atoms with E-state index in [0.717, 1.165) is 17.7 Å². The zero-order chi connectivity index (χ0) is 15.2. The molecule has 0 unspecified atom stereocenters. The molecular weight excluding hydrogens is 305 g/mol. The van der Waals surface area contributed by atoms with Gasteiger partial charge in [0, 0.05) is 12.6 Å². The van der Waals surface area contributed by atoms with Gasteiger partial charge in [0.2, 0.25) is 0 Å². The molecule has 0 radical (unpaired) electrons. The van der Waals surface area contributed by atoms with Gasteiger partial charge in [-0.25, -0.2) is 0 Å². The Bertz CT molecular complexity index is 562. The highest BCUT2D eigenvalue weighted by molar-refractivity contribution is 6.37. The van der Waals surface area contributed by atoms with Crippen LogP contribution in [0.1, 0.15) is 25.0 Å². The number of hydrogen-bond acceptors (Lipinski definition) is 2. The molecule has 2 aromatic rings. The van der Waals surface area contributed by atoms with E-state index < -0.39 is 0 Å². The first-order valence-electron chi connectivity index (χ1n) is 6.94. The molecular formula is C17H19Cl2NO. The van der Waals surface area contributed by atoms with Crippen LogP contribution in [0.4, 0.5) is 0 Å². The van der Waals surface area contributed by atoms with Crippen LogP contribution in [-0.4, -0.2) is 6.04 Å². The first kappa shape index (κ1) is 16.2. The number of rotatable bonds is 6. The predicted octanol–water partition coefficient (Wildman–Crippen LogP) is 5.07. The van der Waals surface area contributed by atoms with Crippen molar-refractivity contribution in [3.63, 3.8) is 0 Å². The molecule has 0 spiro atoms. The summed E-state index contributed by atoms with van der Waals surface area (Å²) in [6.07, 6.45) is 0. The molecule has 0 fully saturated rings. The van der Waals surface area contributed by atoms with E-state index in [9.17, 15) is 0 Å². The summed E-state index contributed by atoms with van der Waals surface area (Å²) in [5.74, 6) is 0.537. The van der Waals surface area contributed by atoms with Gasteiger partial charge in [0.05, 0.1) is 10.0 Å². The third kappa shape index (κ3) is 4.92. The Balaban J connectivity index is 2.06. The molecule has 2 aromatic carbocycles. The first-order chi connectivity index (χ1) is 10.1. The standard InChI is InChI=1S/C17H19Cl2NO/c1-12(2)20-10-14-8-15(18)17(16(19)9-14)21-11-13-6-4-3-5-7-13/h3-9,12,20H,10-11H2,1-2H3. The molecule has 2 rings (SSSR count). The summed E-state index contributed by atoms with van der Waals surface area (Å²) in [4.78, 5) is 0. The monoisotopic (exact) mass is 323 g/mol. The number of benzene rings is 2. The summed E-state index contributed by atoms with van der Waals surface area (Å²) >= 11 is 12.6. The molecule has 0 heterocycles. The molecule has 0 aliphatic rings. The molecule has 2 nitrogen and oxygen atoms in total. The Kier molecular flexibility index (Phi) is 5.92. The van der Waals surface area contributed by atoms with Crippen LogP contribution in [0.25, 0.3) is 0 Å². The van der Waals surface area contributed by atoms with Crippen molar-refractivity contribution in [3.05, 3.63) is 63.6 Å². The zero-order valence-corrected chi connectivity index (χ0v) is 13.7. The van der Waals surface area contributed by atoms with Crippen LogP contribution in [0.3, 0.4) is 0 Å². The maximum atomic E-state index is 6.28. The molecule has 0 amide bonds. The average molecular weight is 324 g/mol. The lowest BCUT2D eigenvalue weighted by Gasteiger charge is -2.13. The van der Waals surface area contributed by atoms with Crippen LogP contribution < -0.4 is 10.1 Å². The Morgan fingerprint density at radius 1 is 1.00 bits per heavy atom. The molecule has 4 heteroatoms. The van der Waals surface area contributed by atoms with Crippen molar-refractivity contribution in [3.8, 4) is 5.75 Å². The van der Waals surface area contributed by atoms with Crippen molar-refractivity contribution < 1.29 is 4.74 Å². The topological polar surface area (TPSA) is 21.3 Å². The van der Waals surface area contributed by atoms with Crippen molar-refractivity contribution in [1.82, 2.24) is 5.32 Å². The molecule has 0 bridgehead atoms. The highest BCUT2D eigenvalue weighted by atomic mass is 35.5. The second-order valence-corrected chi connectivity index (χ2v) is 6.01. The van der Waals surface area contributed by atoms with Crippen LogP contribution in [0.5, 0.6) is 5.75 Å². The maximum absolute atomic E-state index is 6.28. The fourth-order valence-corrected chi connectivity index (χ4v) is 2.55. The smallest absolute Gasteiger partial charge is 0.156 e. The molecule has 0 saturated carbocycles. The largest absolute Gasteiger partial charge is 0.486 e. The second kappa shape index (κ2) is 7.69. The van der Waals surface area contributed by atoms with Crippen LogP contribution in [0.2, 0.25) is 10.0 Å². The Morgan fingerprint density at radius 2 is 1.62 bits per heavy atom. The fraction of sp³-hybridized carbons (Fsp3) is 0.294. The highest BCUT2D eigenvalue weighted by Gasteiger charge is 2.10. The highest BCUT2D eigenvalue weighted by Crippen LogP contribution is 2.34. The van der Waals surface area contributed by atoms with Gasteiger partial charge >= 0.3 is 0 Å². The Hall–Kier alpha value is -1.22. The SMILES string of the molecule is CC(C)NCc1cc(Cl)c(OCc2ccccc2)c(Cl)c1. The Morgan fingerprint density at radius 3 is 2.19 bits per heavy atom. The van der Waals surface area contributed by atoms with Gasteiger partial charge in [-0.3, -0.25) is 0 Å². The average Bonchev–Trinajstić information content (AvgIpc) is 2.45. The van der Waals surface area contributed by atoms with E-state index in [-0.39, 0.29) is 0 Å². The normalized spacial score (nSPS) is 10.9. The van der Waals surface area contributed by atoms with E-state index in [2.05, 4.69) is 19.2 Å². The van der Waals surface area contributed by atoms with E-state index >= 15 is 0 Å². The lowest BCUT2D eigenvalue weighted by Crippen LogP contribution is -2.21. The van der Waals surface area contributed by atoms with Gasteiger partial charge in [-0.1, -0.05) is 67.4 Å². The van der Waals surface area contributed by atoms with Crippen LogP contribution in [-0.2, 0) is 13.2 Å². The fourth-order valence-electron chi connectivity index (χ4n) is 1.90. The third-order valence-corrected chi connectivity index (χ3v) is 3.56. The van der Waals surface area contributed by atoms with Gasteiger partial charge in [-0.2, -0.15) is 0 Å². The van der Waals surface area contributed by atoms with E-state index in [1.165, 1.54) is 0 Å². The minimum absolute atomic E-state index is 0.413. The molecule has 21 heavy (non-hydrogen) atoms. The van der Waals surface area contributed by atoms with Crippen molar-refractivity contribution >= 4 is 23.2 Å². The molecule has 0 aromatic heterocycles. The summed E-state index contributed by atoms with van der Waals surface area (Å²) in [6.45, 7) is 5.38. The summed E-state index contributed by atoms with van der Waals surface area (Å²) in [5.41, 5.74) is 2.13. The Labute approximate surface area is 136 Å². The zero-order valence-electron chi connectivity index (χ0n) is 12.2. The molecule has 0 aliphatic carbocycles. The number of halogens is 2. The number of ether oxygens (including phenoxy) is 1. The first-order valence-corrected chi connectivity index (χ1v) is 7.70. The second-order valence-electron chi connectivity index (χ2n) is 5.20. The van der Waals surface area contributed by atoms with Crippen molar-refractivity contribution in [2.24, 2.45) is 0 Å². The lowest BCUT2D eigenvalue weighted by molar-refractivity contribution is 0.306. The lowest BCUT2D eigenvalue weighted by atomic mass is 10.2. The molecule has 0 aliphatic heterocycles. The van der Waals surface area contributed by atoms with Gasteiger partial charge in [0.15, 0.2) is 5.75 Å². The number of hydrogen-bond donors (Lipinski definition) is 1.